The Hall–Kier alpha value is -4.03. The lowest BCUT2D eigenvalue weighted by Crippen LogP contribution is -2.47. The second kappa shape index (κ2) is 10.7. The van der Waals surface area contributed by atoms with Crippen molar-refractivity contribution in [2.24, 2.45) is 0 Å². The first-order chi connectivity index (χ1) is 17.6. The van der Waals surface area contributed by atoms with Crippen molar-refractivity contribution in [3.8, 4) is 11.1 Å². The number of piperazine rings is 1. The van der Waals surface area contributed by atoms with Gasteiger partial charge in [-0.1, -0.05) is 36.4 Å². The minimum atomic E-state index is -0.00779. The third-order valence-electron chi connectivity index (χ3n) is 6.86. The molecule has 0 radical (unpaired) electrons. The molecule has 1 fully saturated rings. The van der Waals surface area contributed by atoms with Crippen molar-refractivity contribution in [3.05, 3.63) is 109 Å². The molecule has 1 aliphatic rings. The van der Waals surface area contributed by atoms with Gasteiger partial charge in [0.2, 0.25) is 0 Å². The first kappa shape index (κ1) is 23.7. The predicted octanol–water partition coefficient (Wildman–Crippen LogP) is 5.43. The van der Waals surface area contributed by atoms with Crippen LogP contribution >= 0.6 is 0 Å². The lowest BCUT2D eigenvalue weighted by Gasteiger charge is -2.33. The van der Waals surface area contributed by atoms with Crippen LogP contribution in [-0.4, -0.2) is 58.9 Å². The summed E-state index contributed by atoms with van der Waals surface area (Å²) in [4.78, 5) is 28.5. The van der Waals surface area contributed by atoms with Gasteiger partial charge in [0.1, 0.15) is 0 Å². The third kappa shape index (κ3) is 4.99. The number of pyridine rings is 2. The Morgan fingerprint density at radius 3 is 2.14 bits per heavy atom. The number of benzene rings is 2. The summed E-state index contributed by atoms with van der Waals surface area (Å²) in [6.07, 6.45) is 7.32. The molecule has 6 nitrogen and oxygen atoms in total. The number of aromatic nitrogens is 2. The Morgan fingerprint density at radius 1 is 0.833 bits per heavy atom. The fourth-order valence-electron chi connectivity index (χ4n) is 4.86. The molecule has 3 heterocycles. The molecule has 0 aliphatic carbocycles. The largest absolute Gasteiger partial charge is 0.336 e. The molecule has 0 N–H and O–H groups in total. The fourth-order valence-corrected chi connectivity index (χ4v) is 4.86. The summed E-state index contributed by atoms with van der Waals surface area (Å²) in [6, 6.07) is 24.5. The van der Waals surface area contributed by atoms with E-state index in [0.717, 1.165) is 59.8 Å². The minimum Gasteiger partial charge on any atom is -0.336 e. The van der Waals surface area contributed by atoms with Crippen LogP contribution < -0.4 is 4.90 Å². The number of amides is 1. The monoisotopic (exact) mass is 477 g/mol. The maximum Gasteiger partial charge on any atom is 0.253 e. The molecular weight excluding hydrogens is 446 g/mol. The van der Waals surface area contributed by atoms with Gasteiger partial charge in [0, 0.05) is 44.1 Å². The zero-order valence-corrected chi connectivity index (χ0v) is 20.8. The number of carbonyl (C=O) groups is 1. The lowest BCUT2D eigenvalue weighted by molar-refractivity contribution is 0.0664. The van der Waals surface area contributed by atoms with E-state index in [4.69, 9.17) is 0 Å². The molecule has 1 unspecified atom stereocenters. The van der Waals surface area contributed by atoms with E-state index in [1.165, 1.54) is 0 Å². The van der Waals surface area contributed by atoms with Crippen molar-refractivity contribution in [3.63, 3.8) is 0 Å². The van der Waals surface area contributed by atoms with E-state index in [0.29, 0.717) is 0 Å². The van der Waals surface area contributed by atoms with Gasteiger partial charge in [-0.15, -0.1) is 0 Å². The van der Waals surface area contributed by atoms with E-state index in [2.05, 4.69) is 76.2 Å². The number of hydrogen-bond donors (Lipinski definition) is 0. The quantitative estimate of drug-likeness (QED) is 0.371. The molecule has 2 aromatic carbocycles. The topological polar surface area (TPSA) is 52.6 Å². The highest BCUT2D eigenvalue weighted by Crippen LogP contribution is 2.38. The molecule has 36 heavy (non-hydrogen) atoms. The van der Waals surface area contributed by atoms with Gasteiger partial charge in [0.05, 0.1) is 29.8 Å². The normalized spacial score (nSPS) is 14.9. The van der Waals surface area contributed by atoms with Crippen LogP contribution in [-0.2, 0) is 0 Å². The molecule has 5 rings (SSSR count). The van der Waals surface area contributed by atoms with Crippen molar-refractivity contribution in [1.82, 2.24) is 19.8 Å². The molecule has 6 heteroatoms. The van der Waals surface area contributed by atoms with Gasteiger partial charge in [0.25, 0.3) is 5.91 Å². The average molecular weight is 478 g/mol. The van der Waals surface area contributed by atoms with E-state index in [-0.39, 0.29) is 11.9 Å². The summed E-state index contributed by atoms with van der Waals surface area (Å²) in [5.74, 6) is 0.0998. The average Bonchev–Trinajstić information content (AvgIpc) is 2.94. The molecule has 0 saturated carbocycles. The predicted molar refractivity (Wildman–Crippen MR) is 144 cm³/mol. The Balaban J connectivity index is 1.51. The Morgan fingerprint density at radius 2 is 1.50 bits per heavy atom. The molecule has 1 amide bonds. The van der Waals surface area contributed by atoms with E-state index in [1.54, 1.807) is 12.4 Å². The number of nitrogens with zero attached hydrogens (tertiary/aromatic N) is 5. The van der Waals surface area contributed by atoms with Crippen LogP contribution in [0.2, 0.25) is 0 Å². The van der Waals surface area contributed by atoms with Crippen molar-refractivity contribution in [1.29, 1.82) is 0 Å². The Kier molecular flexibility index (Phi) is 7.05. The van der Waals surface area contributed by atoms with Crippen LogP contribution in [0.5, 0.6) is 0 Å². The van der Waals surface area contributed by atoms with Crippen molar-refractivity contribution in [2.45, 2.75) is 13.0 Å². The molecular formula is C30H31N5O. The van der Waals surface area contributed by atoms with E-state index in [9.17, 15) is 4.79 Å². The fraction of sp³-hybridized carbons (Fsp3) is 0.233. The summed E-state index contributed by atoms with van der Waals surface area (Å²) >= 11 is 0. The summed E-state index contributed by atoms with van der Waals surface area (Å²) in [6.45, 7) is 5.53. The molecule has 182 valence electrons. The summed E-state index contributed by atoms with van der Waals surface area (Å²) in [5.41, 5.74) is 6.02. The Bertz CT molecular complexity index is 1260. The summed E-state index contributed by atoms with van der Waals surface area (Å²) < 4.78 is 0. The van der Waals surface area contributed by atoms with Gasteiger partial charge < -0.3 is 14.7 Å². The molecule has 2 aromatic heterocycles. The van der Waals surface area contributed by atoms with Crippen molar-refractivity contribution < 1.29 is 4.79 Å². The Labute approximate surface area is 212 Å². The lowest BCUT2D eigenvalue weighted by atomic mass is 9.93. The van der Waals surface area contributed by atoms with Crippen LogP contribution in [0.4, 0.5) is 11.4 Å². The third-order valence-corrected chi connectivity index (χ3v) is 6.86. The second-order valence-electron chi connectivity index (χ2n) is 9.23. The van der Waals surface area contributed by atoms with E-state index >= 15 is 0 Å². The molecule has 1 aliphatic heterocycles. The van der Waals surface area contributed by atoms with E-state index < -0.39 is 0 Å². The maximum absolute atomic E-state index is 13.3. The summed E-state index contributed by atoms with van der Waals surface area (Å²) in [5, 5.41) is 0. The van der Waals surface area contributed by atoms with Gasteiger partial charge >= 0.3 is 0 Å². The number of rotatable bonds is 6. The highest BCUT2D eigenvalue weighted by atomic mass is 16.2. The highest BCUT2D eigenvalue weighted by molar-refractivity contribution is 5.95. The van der Waals surface area contributed by atoms with Crippen LogP contribution in [0, 0.1) is 0 Å². The van der Waals surface area contributed by atoms with Crippen LogP contribution in [0.3, 0.4) is 0 Å². The van der Waals surface area contributed by atoms with Gasteiger partial charge in [-0.3, -0.25) is 14.8 Å². The van der Waals surface area contributed by atoms with Crippen molar-refractivity contribution in [2.75, 3.05) is 38.1 Å². The first-order valence-corrected chi connectivity index (χ1v) is 12.4. The number of hydrogen-bond acceptors (Lipinski definition) is 5. The zero-order chi connectivity index (χ0) is 24.9. The maximum atomic E-state index is 13.3. The molecule has 4 aromatic rings. The van der Waals surface area contributed by atoms with Crippen LogP contribution in [0.25, 0.3) is 11.1 Å². The standard InChI is InChI=1S/C30H31N5O/c1-23(35(26-10-6-14-31-21-26)27-11-7-15-32-22-27)28-12-3-4-13-29(28)24-8-5-9-25(20-24)30(36)34-18-16-33(2)17-19-34/h3-15,20-23H,16-19H2,1-2H3. The molecule has 0 bridgehead atoms. The van der Waals surface area contributed by atoms with Crippen molar-refractivity contribution >= 4 is 17.3 Å². The van der Waals surface area contributed by atoms with E-state index in [1.807, 2.05) is 47.6 Å². The number of anilines is 2. The molecule has 0 spiro atoms. The van der Waals surface area contributed by atoms with Gasteiger partial charge in [-0.25, -0.2) is 0 Å². The smallest absolute Gasteiger partial charge is 0.253 e. The second-order valence-corrected chi connectivity index (χ2v) is 9.23. The minimum absolute atomic E-state index is 0.00779. The van der Waals surface area contributed by atoms with Gasteiger partial charge in [0.15, 0.2) is 0 Å². The summed E-state index contributed by atoms with van der Waals surface area (Å²) in [7, 11) is 2.10. The first-order valence-electron chi connectivity index (χ1n) is 12.4. The van der Waals surface area contributed by atoms with Gasteiger partial charge in [-0.05, 0) is 67.1 Å². The molecule has 1 atom stereocenters. The van der Waals surface area contributed by atoms with Crippen LogP contribution in [0.1, 0.15) is 28.9 Å². The zero-order valence-electron chi connectivity index (χ0n) is 20.8. The number of likely N-dealkylation sites (N-methyl/N-ethyl adjacent to an activating group) is 1. The van der Waals surface area contributed by atoms with Gasteiger partial charge in [-0.2, -0.15) is 0 Å². The molecule has 1 saturated heterocycles. The van der Waals surface area contributed by atoms with Crippen LogP contribution in [0.15, 0.2) is 97.6 Å². The number of carbonyl (C=O) groups excluding carboxylic acids is 1. The SMILES string of the molecule is CC(c1ccccc1-c1cccc(C(=O)N2CCN(C)CC2)c1)N(c1cccnc1)c1cccnc1. The highest BCUT2D eigenvalue weighted by Gasteiger charge is 2.23.